The second-order valence-electron chi connectivity index (χ2n) is 7.54. The SMILES string of the molecule is Cc1ccc(OCc2nc(CN3C[C@@H](CN)[C@H](c4ccccc4)C3)cs2)cc1.Cl. The van der Waals surface area contributed by atoms with Gasteiger partial charge in [-0.3, -0.25) is 4.90 Å². The van der Waals surface area contributed by atoms with Crippen molar-refractivity contribution in [2.45, 2.75) is 26.0 Å². The number of rotatable bonds is 7. The Morgan fingerprint density at radius 2 is 1.86 bits per heavy atom. The summed E-state index contributed by atoms with van der Waals surface area (Å²) in [6.45, 7) is 6.27. The van der Waals surface area contributed by atoms with Crippen LogP contribution in [0.1, 0.15) is 27.7 Å². The van der Waals surface area contributed by atoms with E-state index in [1.54, 1.807) is 11.3 Å². The van der Waals surface area contributed by atoms with Gasteiger partial charge in [-0.2, -0.15) is 0 Å². The number of aromatic nitrogens is 1. The highest BCUT2D eigenvalue weighted by atomic mass is 35.5. The molecule has 0 unspecified atom stereocenters. The third-order valence-electron chi connectivity index (χ3n) is 5.42. The van der Waals surface area contributed by atoms with Gasteiger partial charge in [-0.1, -0.05) is 48.0 Å². The molecule has 2 N–H and O–H groups in total. The zero-order valence-electron chi connectivity index (χ0n) is 16.7. The average molecular weight is 430 g/mol. The Morgan fingerprint density at radius 3 is 2.59 bits per heavy atom. The molecule has 3 aromatic rings. The fourth-order valence-corrected chi connectivity index (χ4v) is 4.60. The van der Waals surface area contributed by atoms with Crippen LogP contribution in [0, 0.1) is 12.8 Å². The quantitative estimate of drug-likeness (QED) is 0.595. The number of nitrogens with zero attached hydrogens (tertiary/aromatic N) is 2. The number of halogens is 1. The molecule has 2 heterocycles. The molecule has 1 aromatic heterocycles. The summed E-state index contributed by atoms with van der Waals surface area (Å²) in [7, 11) is 0. The third kappa shape index (κ3) is 5.58. The van der Waals surface area contributed by atoms with Crippen molar-refractivity contribution in [3.8, 4) is 5.75 Å². The molecule has 0 bridgehead atoms. The Bertz CT molecular complexity index is 885. The van der Waals surface area contributed by atoms with Gasteiger partial charge < -0.3 is 10.5 Å². The Labute approximate surface area is 183 Å². The molecule has 0 amide bonds. The van der Waals surface area contributed by atoms with Gasteiger partial charge >= 0.3 is 0 Å². The number of nitrogens with two attached hydrogens (primary N) is 1. The maximum absolute atomic E-state index is 6.07. The molecule has 4 nitrogen and oxygen atoms in total. The fraction of sp³-hybridized carbons (Fsp3) is 0.348. The van der Waals surface area contributed by atoms with E-state index in [2.05, 4.69) is 59.7 Å². The number of likely N-dealkylation sites (tertiary alicyclic amines) is 1. The third-order valence-corrected chi connectivity index (χ3v) is 6.29. The van der Waals surface area contributed by atoms with Crippen LogP contribution in [0.5, 0.6) is 5.75 Å². The van der Waals surface area contributed by atoms with Crippen molar-refractivity contribution in [1.29, 1.82) is 0 Å². The zero-order valence-corrected chi connectivity index (χ0v) is 18.3. The number of hydrogen-bond acceptors (Lipinski definition) is 5. The minimum absolute atomic E-state index is 0. The second-order valence-corrected chi connectivity index (χ2v) is 8.48. The van der Waals surface area contributed by atoms with E-state index in [9.17, 15) is 0 Å². The number of thiazole rings is 1. The van der Waals surface area contributed by atoms with Gasteiger partial charge in [-0.25, -0.2) is 4.98 Å². The van der Waals surface area contributed by atoms with Crippen LogP contribution in [0.2, 0.25) is 0 Å². The van der Waals surface area contributed by atoms with E-state index in [1.807, 2.05) is 12.1 Å². The first kappa shape index (κ1) is 21.8. The predicted octanol–water partition coefficient (Wildman–Crippen LogP) is 4.63. The van der Waals surface area contributed by atoms with Gasteiger partial charge in [-0.05, 0) is 37.1 Å². The van der Waals surface area contributed by atoms with E-state index in [0.29, 0.717) is 18.4 Å². The summed E-state index contributed by atoms with van der Waals surface area (Å²) < 4.78 is 5.86. The van der Waals surface area contributed by atoms with Crippen molar-refractivity contribution in [1.82, 2.24) is 9.88 Å². The van der Waals surface area contributed by atoms with Gasteiger partial charge in [0.1, 0.15) is 17.4 Å². The highest BCUT2D eigenvalue weighted by Gasteiger charge is 2.32. The summed E-state index contributed by atoms with van der Waals surface area (Å²) in [6.07, 6.45) is 0. The lowest BCUT2D eigenvalue weighted by molar-refractivity contribution is 0.300. The molecule has 4 rings (SSSR count). The topological polar surface area (TPSA) is 51.4 Å². The maximum Gasteiger partial charge on any atom is 0.140 e. The molecule has 0 radical (unpaired) electrons. The van der Waals surface area contributed by atoms with E-state index in [0.717, 1.165) is 42.6 Å². The first-order chi connectivity index (χ1) is 13.7. The van der Waals surface area contributed by atoms with Crippen LogP contribution in [-0.2, 0) is 13.2 Å². The average Bonchev–Trinajstić information content (AvgIpc) is 3.35. The minimum Gasteiger partial charge on any atom is -0.486 e. The highest BCUT2D eigenvalue weighted by molar-refractivity contribution is 7.09. The first-order valence-corrected chi connectivity index (χ1v) is 10.7. The van der Waals surface area contributed by atoms with Crippen molar-refractivity contribution in [2.24, 2.45) is 11.7 Å². The van der Waals surface area contributed by atoms with E-state index >= 15 is 0 Å². The lowest BCUT2D eigenvalue weighted by Crippen LogP contribution is -2.23. The van der Waals surface area contributed by atoms with Crippen molar-refractivity contribution in [3.05, 3.63) is 81.8 Å². The van der Waals surface area contributed by atoms with Crippen LogP contribution < -0.4 is 10.5 Å². The standard InChI is InChI=1S/C23H27N3OS.ClH/c1-17-7-9-21(10-8-17)27-15-23-25-20(16-28-23)13-26-12-19(11-24)22(14-26)18-5-3-2-4-6-18;/h2-10,16,19,22H,11-15,24H2,1H3;1H/t19-,22+;/m1./s1. The molecule has 1 aliphatic heterocycles. The van der Waals surface area contributed by atoms with E-state index in [-0.39, 0.29) is 12.4 Å². The van der Waals surface area contributed by atoms with Gasteiger partial charge in [-0.15, -0.1) is 23.7 Å². The number of hydrogen-bond donors (Lipinski definition) is 1. The van der Waals surface area contributed by atoms with Gasteiger partial charge in [0.05, 0.1) is 5.69 Å². The Morgan fingerprint density at radius 1 is 1.10 bits per heavy atom. The predicted molar refractivity (Wildman–Crippen MR) is 122 cm³/mol. The van der Waals surface area contributed by atoms with Crippen LogP contribution >= 0.6 is 23.7 Å². The molecule has 154 valence electrons. The molecule has 0 saturated carbocycles. The Kier molecular flexibility index (Phi) is 7.67. The number of aryl methyl sites for hydroxylation is 1. The molecule has 2 aromatic carbocycles. The fourth-order valence-electron chi connectivity index (χ4n) is 3.90. The van der Waals surface area contributed by atoms with Crippen LogP contribution in [0.25, 0.3) is 0 Å². The molecule has 1 aliphatic rings. The monoisotopic (exact) mass is 429 g/mol. The lowest BCUT2D eigenvalue weighted by atomic mass is 9.89. The second kappa shape index (κ2) is 10.2. The molecule has 0 aliphatic carbocycles. The van der Waals surface area contributed by atoms with Gasteiger partial charge in [0.2, 0.25) is 0 Å². The van der Waals surface area contributed by atoms with Crippen LogP contribution in [0.4, 0.5) is 0 Å². The largest absolute Gasteiger partial charge is 0.486 e. The van der Waals surface area contributed by atoms with Gasteiger partial charge in [0.25, 0.3) is 0 Å². The Balaban J connectivity index is 0.00000240. The van der Waals surface area contributed by atoms with E-state index in [1.165, 1.54) is 11.1 Å². The van der Waals surface area contributed by atoms with Gasteiger partial charge in [0.15, 0.2) is 0 Å². The summed E-state index contributed by atoms with van der Waals surface area (Å²) in [4.78, 5) is 7.26. The molecule has 1 fully saturated rings. The lowest BCUT2D eigenvalue weighted by Gasteiger charge is -2.16. The zero-order chi connectivity index (χ0) is 19.3. The summed E-state index contributed by atoms with van der Waals surface area (Å²) in [5.74, 6) is 1.90. The van der Waals surface area contributed by atoms with Gasteiger partial charge in [0, 0.05) is 30.9 Å². The maximum atomic E-state index is 6.07. The van der Waals surface area contributed by atoms with Crippen LogP contribution in [0.15, 0.2) is 60.0 Å². The summed E-state index contributed by atoms with van der Waals surface area (Å²) in [5.41, 5.74) is 9.82. The van der Waals surface area contributed by atoms with Crippen molar-refractivity contribution < 1.29 is 4.74 Å². The molecule has 2 atom stereocenters. The molecular weight excluding hydrogens is 402 g/mol. The molecular formula is C23H28ClN3OS. The molecule has 0 spiro atoms. The van der Waals surface area contributed by atoms with E-state index < -0.39 is 0 Å². The van der Waals surface area contributed by atoms with Crippen molar-refractivity contribution >= 4 is 23.7 Å². The summed E-state index contributed by atoms with van der Waals surface area (Å²) >= 11 is 1.67. The molecule has 29 heavy (non-hydrogen) atoms. The number of benzene rings is 2. The molecule has 1 saturated heterocycles. The summed E-state index contributed by atoms with van der Waals surface area (Å²) in [6, 6.07) is 18.9. The summed E-state index contributed by atoms with van der Waals surface area (Å²) in [5, 5.41) is 3.17. The van der Waals surface area contributed by atoms with Crippen LogP contribution in [-0.4, -0.2) is 29.5 Å². The highest BCUT2D eigenvalue weighted by Crippen LogP contribution is 2.32. The van der Waals surface area contributed by atoms with E-state index in [4.69, 9.17) is 15.5 Å². The first-order valence-electron chi connectivity index (χ1n) is 9.81. The smallest absolute Gasteiger partial charge is 0.140 e. The number of ether oxygens (including phenoxy) is 1. The van der Waals surface area contributed by atoms with Crippen molar-refractivity contribution in [2.75, 3.05) is 19.6 Å². The molecule has 6 heteroatoms. The van der Waals surface area contributed by atoms with Crippen LogP contribution in [0.3, 0.4) is 0 Å². The van der Waals surface area contributed by atoms with Crippen molar-refractivity contribution in [3.63, 3.8) is 0 Å². The minimum atomic E-state index is 0. The normalized spacial score (nSPS) is 19.1. The Hall–Kier alpha value is -1.92.